The van der Waals surface area contributed by atoms with E-state index >= 15 is 0 Å². The van der Waals surface area contributed by atoms with Gasteiger partial charge >= 0.3 is 0 Å². The number of aliphatic hydroxyl groups is 1. The quantitative estimate of drug-likeness (QED) is 0.721. The molecule has 17 heavy (non-hydrogen) atoms. The zero-order valence-electron chi connectivity index (χ0n) is 11.7. The van der Waals surface area contributed by atoms with Gasteiger partial charge in [0.15, 0.2) is 0 Å². The minimum absolute atomic E-state index is 0.0878. The molecule has 0 aromatic heterocycles. The van der Waals surface area contributed by atoms with Crippen molar-refractivity contribution in [3.05, 3.63) is 0 Å². The van der Waals surface area contributed by atoms with Crippen LogP contribution in [-0.4, -0.2) is 36.5 Å². The van der Waals surface area contributed by atoms with Crippen LogP contribution in [0.2, 0.25) is 0 Å². The summed E-state index contributed by atoms with van der Waals surface area (Å²) in [4.78, 5) is 0. The normalized spacial score (nSPS) is 29.8. The van der Waals surface area contributed by atoms with E-state index in [-0.39, 0.29) is 12.1 Å². The van der Waals surface area contributed by atoms with Gasteiger partial charge in [0.25, 0.3) is 0 Å². The summed E-state index contributed by atoms with van der Waals surface area (Å²) in [5.41, 5.74) is -0.0878. The van der Waals surface area contributed by atoms with Gasteiger partial charge in [-0.1, -0.05) is 20.8 Å². The predicted molar refractivity (Wildman–Crippen MR) is 71.2 cm³/mol. The molecule has 0 heterocycles. The second kappa shape index (κ2) is 7.34. The zero-order valence-corrected chi connectivity index (χ0v) is 11.7. The summed E-state index contributed by atoms with van der Waals surface area (Å²) < 4.78 is 5.95. The molecule has 0 radical (unpaired) electrons. The molecular formula is C14H29NO2. The van der Waals surface area contributed by atoms with E-state index in [0.29, 0.717) is 12.0 Å². The highest BCUT2D eigenvalue weighted by atomic mass is 16.5. The van der Waals surface area contributed by atoms with E-state index in [0.717, 1.165) is 45.3 Å². The van der Waals surface area contributed by atoms with Crippen LogP contribution in [0.3, 0.4) is 0 Å². The zero-order chi connectivity index (χ0) is 12.7. The van der Waals surface area contributed by atoms with Gasteiger partial charge in [0, 0.05) is 12.1 Å². The molecule has 102 valence electrons. The molecule has 0 spiro atoms. The van der Waals surface area contributed by atoms with Crippen LogP contribution in [0, 0.1) is 5.92 Å². The molecule has 2 atom stereocenters. The Morgan fingerprint density at radius 1 is 1.47 bits per heavy atom. The topological polar surface area (TPSA) is 41.5 Å². The van der Waals surface area contributed by atoms with Crippen LogP contribution in [0.5, 0.6) is 0 Å². The average Bonchev–Trinajstić information content (AvgIpc) is 2.29. The van der Waals surface area contributed by atoms with Gasteiger partial charge in [-0.3, -0.25) is 0 Å². The third kappa shape index (κ3) is 4.94. The third-order valence-corrected chi connectivity index (χ3v) is 3.70. The van der Waals surface area contributed by atoms with Gasteiger partial charge in [0.05, 0.1) is 12.7 Å². The summed E-state index contributed by atoms with van der Waals surface area (Å²) >= 11 is 0. The van der Waals surface area contributed by atoms with Crippen LogP contribution in [0.1, 0.15) is 52.9 Å². The molecular weight excluding hydrogens is 214 g/mol. The van der Waals surface area contributed by atoms with E-state index < -0.39 is 0 Å². The van der Waals surface area contributed by atoms with Gasteiger partial charge < -0.3 is 15.2 Å². The van der Waals surface area contributed by atoms with E-state index in [2.05, 4.69) is 26.1 Å². The molecule has 0 aromatic rings. The summed E-state index contributed by atoms with van der Waals surface area (Å²) in [6.07, 6.45) is 5.78. The monoisotopic (exact) mass is 243 g/mol. The maximum Gasteiger partial charge on any atom is 0.0614 e. The van der Waals surface area contributed by atoms with E-state index in [1.54, 1.807) is 0 Å². The summed E-state index contributed by atoms with van der Waals surface area (Å²) in [6, 6.07) is 0. The number of nitrogens with one attached hydrogen (secondary N) is 1. The first-order valence-corrected chi connectivity index (χ1v) is 7.09. The van der Waals surface area contributed by atoms with E-state index in [4.69, 9.17) is 4.74 Å². The largest absolute Gasteiger partial charge is 0.394 e. The van der Waals surface area contributed by atoms with Crippen molar-refractivity contribution >= 4 is 0 Å². The number of aliphatic hydroxyl groups excluding tert-OH is 1. The minimum Gasteiger partial charge on any atom is -0.394 e. The molecule has 0 aliphatic heterocycles. The Kier molecular flexibility index (Phi) is 6.45. The fourth-order valence-electron chi connectivity index (χ4n) is 2.66. The van der Waals surface area contributed by atoms with Crippen molar-refractivity contribution in [1.82, 2.24) is 5.32 Å². The summed E-state index contributed by atoms with van der Waals surface area (Å²) in [5.74, 6) is 0.704. The van der Waals surface area contributed by atoms with Gasteiger partial charge in [-0.25, -0.2) is 0 Å². The van der Waals surface area contributed by atoms with Crippen LogP contribution in [0.25, 0.3) is 0 Å². The Hall–Kier alpha value is -0.120. The van der Waals surface area contributed by atoms with Gasteiger partial charge in [-0.05, 0) is 44.6 Å². The van der Waals surface area contributed by atoms with E-state index in [1.807, 2.05) is 0 Å². The average molecular weight is 243 g/mol. The molecule has 3 heteroatoms. The molecule has 0 amide bonds. The molecule has 1 aliphatic rings. The van der Waals surface area contributed by atoms with Crippen LogP contribution < -0.4 is 5.32 Å². The van der Waals surface area contributed by atoms with E-state index in [9.17, 15) is 5.11 Å². The van der Waals surface area contributed by atoms with Crippen molar-refractivity contribution in [3.63, 3.8) is 0 Å². The Labute approximate surface area is 106 Å². The maximum absolute atomic E-state index is 9.59. The van der Waals surface area contributed by atoms with Crippen molar-refractivity contribution in [1.29, 1.82) is 0 Å². The Bertz CT molecular complexity index is 204. The molecule has 0 aromatic carbocycles. The van der Waals surface area contributed by atoms with Crippen molar-refractivity contribution in [2.45, 2.75) is 64.5 Å². The van der Waals surface area contributed by atoms with Crippen LogP contribution in [0.4, 0.5) is 0 Å². The molecule has 2 N–H and O–H groups in total. The lowest BCUT2D eigenvalue weighted by atomic mass is 9.80. The van der Waals surface area contributed by atoms with Crippen molar-refractivity contribution in [3.8, 4) is 0 Å². The summed E-state index contributed by atoms with van der Waals surface area (Å²) in [7, 11) is 0. The van der Waals surface area contributed by atoms with Crippen molar-refractivity contribution in [2.75, 3.05) is 19.8 Å². The van der Waals surface area contributed by atoms with E-state index in [1.165, 1.54) is 0 Å². The molecule has 1 rings (SSSR count). The molecule has 1 aliphatic carbocycles. The number of rotatable bonds is 7. The van der Waals surface area contributed by atoms with Gasteiger partial charge in [-0.2, -0.15) is 0 Å². The standard InChI is InChI=1S/C14H29NO2/c1-4-15-14(11-16)8-5-6-13(10-14)17-9-7-12(2)3/h12-13,15-16H,4-11H2,1-3H3. The molecule has 2 unspecified atom stereocenters. The van der Waals surface area contributed by atoms with Gasteiger partial charge in [0.1, 0.15) is 0 Å². The fraction of sp³-hybridized carbons (Fsp3) is 1.00. The molecule has 1 fully saturated rings. The molecule has 0 bridgehead atoms. The molecule has 0 saturated heterocycles. The highest BCUT2D eigenvalue weighted by molar-refractivity contribution is 4.93. The molecule has 3 nitrogen and oxygen atoms in total. The van der Waals surface area contributed by atoms with Crippen LogP contribution in [-0.2, 0) is 4.74 Å². The second-order valence-corrected chi connectivity index (χ2v) is 5.74. The van der Waals surface area contributed by atoms with Gasteiger partial charge in [-0.15, -0.1) is 0 Å². The Morgan fingerprint density at radius 2 is 2.24 bits per heavy atom. The fourth-order valence-corrected chi connectivity index (χ4v) is 2.66. The first-order valence-electron chi connectivity index (χ1n) is 7.09. The second-order valence-electron chi connectivity index (χ2n) is 5.74. The minimum atomic E-state index is -0.0878. The van der Waals surface area contributed by atoms with Crippen LogP contribution in [0.15, 0.2) is 0 Å². The number of ether oxygens (including phenoxy) is 1. The SMILES string of the molecule is CCNC1(CO)CCCC(OCCC(C)C)C1. The first kappa shape index (κ1) is 14.9. The molecule has 1 saturated carbocycles. The Morgan fingerprint density at radius 3 is 2.82 bits per heavy atom. The number of likely N-dealkylation sites (N-methyl/N-ethyl adjacent to an activating group) is 1. The smallest absolute Gasteiger partial charge is 0.0614 e. The number of hydrogen-bond acceptors (Lipinski definition) is 3. The highest BCUT2D eigenvalue weighted by Crippen LogP contribution is 2.30. The lowest BCUT2D eigenvalue weighted by Crippen LogP contribution is -2.53. The summed E-state index contributed by atoms with van der Waals surface area (Å²) in [5, 5.41) is 13.0. The van der Waals surface area contributed by atoms with Crippen molar-refractivity contribution in [2.24, 2.45) is 5.92 Å². The lowest BCUT2D eigenvalue weighted by Gasteiger charge is -2.40. The third-order valence-electron chi connectivity index (χ3n) is 3.70. The van der Waals surface area contributed by atoms with Crippen molar-refractivity contribution < 1.29 is 9.84 Å². The predicted octanol–water partition coefficient (Wildman–Crippen LogP) is 2.33. The highest BCUT2D eigenvalue weighted by Gasteiger charge is 2.35. The first-order chi connectivity index (χ1) is 8.12. The lowest BCUT2D eigenvalue weighted by molar-refractivity contribution is -0.0185. The van der Waals surface area contributed by atoms with Crippen LogP contribution >= 0.6 is 0 Å². The number of hydrogen-bond donors (Lipinski definition) is 2. The van der Waals surface area contributed by atoms with Gasteiger partial charge in [0.2, 0.25) is 0 Å². The Balaban J connectivity index is 2.36. The maximum atomic E-state index is 9.59. The summed E-state index contributed by atoms with van der Waals surface area (Å²) in [6.45, 7) is 8.54.